The molecule has 1 atom stereocenters. The van der Waals surface area contributed by atoms with E-state index in [0.29, 0.717) is 19.3 Å². The zero-order valence-corrected chi connectivity index (χ0v) is 42.8. The topological polar surface area (TPSA) is 78.9 Å². The van der Waals surface area contributed by atoms with Crippen LogP contribution in [-0.2, 0) is 28.6 Å². The smallest absolute Gasteiger partial charge is 0.306 e. The number of hydrogen-bond acceptors (Lipinski definition) is 6. The Hall–Kier alpha value is -2.37. The van der Waals surface area contributed by atoms with Crippen molar-refractivity contribution in [2.24, 2.45) is 0 Å². The molecule has 0 aliphatic heterocycles. The van der Waals surface area contributed by atoms with Gasteiger partial charge < -0.3 is 14.2 Å². The largest absolute Gasteiger partial charge is 0.462 e. The Labute approximate surface area is 397 Å². The summed E-state index contributed by atoms with van der Waals surface area (Å²) in [7, 11) is 0. The number of unbranched alkanes of at least 4 members (excludes halogenated alkanes) is 34. The molecule has 0 spiro atoms. The Morgan fingerprint density at radius 3 is 0.906 bits per heavy atom. The molecule has 0 rings (SSSR count). The van der Waals surface area contributed by atoms with Gasteiger partial charge in [-0.1, -0.05) is 256 Å². The number of ether oxygens (including phenoxy) is 3. The molecule has 0 N–H and O–H groups in total. The highest BCUT2D eigenvalue weighted by Gasteiger charge is 2.19. The SMILES string of the molecule is CCCCC/C=C\C/C=C\C/C=C\CCCCCCC(=O)OC[C@@H](COC(=O)CCCCCCCCCCCCCC)OC(=O)CCCCCCCCCCCCCCCCCCC. The zero-order valence-electron chi connectivity index (χ0n) is 42.8. The van der Waals surface area contributed by atoms with Crippen LogP contribution < -0.4 is 0 Å². The molecular formula is C58H106O6. The molecule has 0 aromatic heterocycles. The monoisotopic (exact) mass is 899 g/mol. The van der Waals surface area contributed by atoms with Crippen LogP contribution in [0.3, 0.4) is 0 Å². The predicted molar refractivity (Wildman–Crippen MR) is 275 cm³/mol. The third-order valence-corrected chi connectivity index (χ3v) is 12.4. The first-order chi connectivity index (χ1) is 31.5. The molecule has 0 aromatic carbocycles. The molecule has 0 aromatic rings. The van der Waals surface area contributed by atoms with E-state index in [0.717, 1.165) is 83.5 Å². The number of carbonyl (C=O) groups excluding carboxylic acids is 3. The summed E-state index contributed by atoms with van der Waals surface area (Å²) >= 11 is 0. The molecule has 0 radical (unpaired) electrons. The number of esters is 3. The minimum absolute atomic E-state index is 0.0748. The summed E-state index contributed by atoms with van der Waals surface area (Å²) in [4.78, 5) is 38.1. The van der Waals surface area contributed by atoms with E-state index in [2.05, 4.69) is 57.2 Å². The second-order valence-corrected chi connectivity index (χ2v) is 18.9. The molecule has 0 fully saturated rings. The molecule has 0 saturated heterocycles. The summed E-state index contributed by atoms with van der Waals surface area (Å²) in [6.45, 7) is 6.63. The number of allylic oxidation sites excluding steroid dienone is 6. The first-order valence-electron chi connectivity index (χ1n) is 28.0. The minimum Gasteiger partial charge on any atom is -0.462 e. The van der Waals surface area contributed by atoms with Gasteiger partial charge in [0.25, 0.3) is 0 Å². The van der Waals surface area contributed by atoms with Crippen LogP contribution >= 0.6 is 0 Å². The van der Waals surface area contributed by atoms with Gasteiger partial charge in [0.1, 0.15) is 13.2 Å². The van der Waals surface area contributed by atoms with Crippen molar-refractivity contribution in [3.05, 3.63) is 36.5 Å². The lowest BCUT2D eigenvalue weighted by atomic mass is 10.0. The highest BCUT2D eigenvalue weighted by molar-refractivity contribution is 5.71. The van der Waals surface area contributed by atoms with Crippen LogP contribution in [0.2, 0.25) is 0 Å². The summed E-state index contributed by atoms with van der Waals surface area (Å²) < 4.78 is 16.8. The summed E-state index contributed by atoms with van der Waals surface area (Å²) in [5.41, 5.74) is 0. The van der Waals surface area contributed by atoms with E-state index in [4.69, 9.17) is 14.2 Å². The van der Waals surface area contributed by atoms with Crippen molar-refractivity contribution in [2.75, 3.05) is 13.2 Å². The van der Waals surface area contributed by atoms with E-state index in [1.807, 2.05) is 0 Å². The highest BCUT2D eigenvalue weighted by Crippen LogP contribution is 2.16. The van der Waals surface area contributed by atoms with Crippen LogP contribution in [0.1, 0.15) is 297 Å². The van der Waals surface area contributed by atoms with Crippen LogP contribution in [0.5, 0.6) is 0 Å². The van der Waals surface area contributed by atoms with Crippen LogP contribution in [-0.4, -0.2) is 37.2 Å². The van der Waals surface area contributed by atoms with E-state index < -0.39 is 6.10 Å². The van der Waals surface area contributed by atoms with E-state index in [1.54, 1.807) is 0 Å². The maximum atomic E-state index is 12.8. The first-order valence-corrected chi connectivity index (χ1v) is 28.0. The molecule has 0 unspecified atom stereocenters. The lowest BCUT2D eigenvalue weighted by molar-refractivity contribution is -0.167. The molecule has 0 heterocycles. The molecular weight excluding hydrogens is 793 g/mol. The summed E-state index contributed by atoms with van der Waals surface area (Å²) in [6, 6.07) is 0. The second-order valence-electron chi connectivity index (χ2n) is 18.9. The Morgan fingerprint density at radius 2 is 0.562 bits per heavy atom. The van der Waals surface area contributed by atoms with Gasteiger partial charge in [0.2, 0.25) is 0 Å². The van der Waals surface area contributed by atoms with E-state index in [9.17, 15) is 14.4 Å². The predicted octanol–water partition coefficient (Wildman–Crippen LogP) is 18.5. The standard InChI is InChI=1S/C58H106O6/c1-4-7-10-13-16-19-22-25-27-29-31-33-36-39-42-45-48-51-57(60)63-54-55(53-62-56(59)50-47-44-41-38-35-24-21-18-15-12-9-6-3)64-58(61)52-49-46-43-40-37-34-32-30-28-26-23-20-17-14-11-8-5-2/h16,19,25,27,31,33,55H,4-15,17-18,20-24,26,28-30,32,34-54H2,1-3H3/b19-16-,27-25-,33-31-/t55-/m1/s1. The fourth-order valence-electron chi connectivity index (χ4n) is 8.16. The van der Waals surface area contributed by atoms with Crippen LogP contribution in [0.25, 0.3) is 0 Å². The molecule has 6 heteroatoms. The molecule has 0 aliphatic rings. The minimum atomic E-state index is -0.776. The lowest BCUT2D eigenvalue weighted by Crippen LogP contribution is -2.30. The average molecular weight is 899 g/mol. The lowest BCUT2D eigenvalue weighted by Gasteiger charge is -2.18. The Bertz CT molecular complexity index is 1080. The van der Waals surface area contributed by atoms with Gasteiger partial charge in [-0.05, 0) is 57.8 Å². The Balaban J connectivity index is 4.36. The van der Waals surface area contributed by atoms with Crippen molar-refractivity contribution in [2.45, 2.75) is 303 Å². The van der Waals surface area contributed by atoms with Crippen LogP contribution in [0, 0.1) is 0 Å². The van der Waals surface area contributed by atoms with Crippen molar-refractivity contribution < 1.29 is 28.6 Å². The number of rotatable bonds is 51. The van der Waals surface area contributed by atoms with Gasteiger partial charge in [0, 0.05) is 19.3 Å². The van der Waals surface area contributed by atoms with Crippen molar-refractivity contribution >= 4 is 17.9 Å². The van der Waals surface area contributed by atoms with Crippen molar-refractivity contribution in [3.63, 3.8) is 0 Å². The molecule has 6 nitrogen and oxygen atoms in total. The highest BCUT2D eigenvalue weighted by atomic mass is 16.6. The van der Waals surface area contributed by atoms with Crippen LogP contribution in [0.4, 0.5) is 0 Å². The van der Waals surface area contributed by atoms with Gasteiger partial charge in [-0.25, -0.2) is 0 Å². The van der Waals surface area contributed by atoms with Crippen molar-refractivity contribution in [1.82, 2.24) is 0 Å². The van der Waals surface area contributed by atoms with Crippen LogP contribution in [0.15, 0.2) is 36.5 Å². The molecule has 0 bridgehead atoms. The van der Waals surface area contributed by atoms with Gasteiger partial charge in [-0.2, -0.15) is 0 Å². The van der Waals surface area contributed by atoms with Gasteiger partial charge in [0.05, 0.1) is 0 Å². The molecule has 0 saturated carbocycles. The summed E-state index contributed by atoms with van der Waals surface area (Å²) in [5.74, 6) is -0.881. The van der Waals surface area contributed by atoms with Gasteiger partial charge in [-0.3, -0.25) is 14.4 Å². The Kier molecular flexibility index (Phi) is 51.3. The first kappa shape index (κ1) is 61.6. The second kappa shape index (κ2) is 53.2. The molecule has 374 valence electrons. The van der Waals surface area contributed by atoms with Gasteiger partial charge in [0.15, 0.2) is 6.10 Å². The van der Waals surface area contributed by atoms with E-state index in [-0.39, 0.29) is 31.1 Å². The fourth-order valence-corrected chi connectivity index (χ4v) is 8.16. The number of carbonyl (C=O) groups is 3. The normalized spacial score (nSPS) is 12.2. The molecule has 0 aliphatic carbocycles. The summed E-state index contributed by atoms with van der Waals surface area (Å²) in [6.07, 6.45) is 62.7. The number of hydrogen-bond donors (Lipinski definition) is 0. The zero-order chi connectivity index (χ0) is 46.5. The van der Waals surface area contributed by atoms with Gasteiger partial charge >= 0.3 is 17.9 Å². The maximum Gasteiger partial charge on any atom is 0.306 e. The van der Waals surface area contributed by atoms with E-state index >= 15 is 0 Å². The van der Waals surface area contributed by atoms with Crippen molar-refractivity contribution in [3.8, 4) is 0 Å². The van der Waals surface area contributed by atoms with Gasteiger partial charge in [-0.15, -0.1) is 0 Å². The fraction of sp³-hybridized carbons (Fsp3) is 0.845. The summed E-state index contributed by atoms with van der Waals surface area (Å²) in [5, 5.41) is 0. The van der Waals surface area contributed by atoms with E-state index in [1.165, 1.54) is 173 Å². The third-order valence-electron chi connectivity index (χ3n) is 12.4. The average Bonchev–Trinajstić information content (AvgIpc) is 3.29. The molecule has 0 amide bonds. The quantitative estimate of drug-likeness (QED) is 0.0262. The van der Waals surface area contributed by atoms with Crippen molar-refractivity contribution in [1.29, 1.82) is 0 Å². The molecule has 64 heavy (non-hydrogen) atoms. The third kappa shape index (κ3) is 50.6. The Morgan fingerprint density at radius 1 is 0.312 bits per heavy atom. The maximum absolute atomic E-state index is 12.8.